The summed E-state index contributed by atoms with van der Waals surface area (Å²) in [5.41, 5.74) is 4.33. The van der Waals surface area contributed by atoms with Gasteiger partial charge in [-0.15, -0.1) is 0 Å². The van der Waals surface area contributed by atoms with Gasteiger partial charge in [0.05, 0.1) is 11.1 Å². The molecule has 0 saturated heterocycles. The maximum atomic E-state index is 5.84. The van der Waals surface area contributed by atoms with Gasteiger partial charge in [0, 0.05) is 30.2 Å². The molecule has 3 aromatic heterocycles. The van der Waals surface area contributed by atoms with Crippen LogP contribution in [0.4, 0.5) is 0 Å². The van der Waals surface area contributed by atoms with E-state index in [0.29, 0.717) is 5.89 Å². The minimum atomic E-state index is 0.577. The van der Waals surface area contributed by atoms with Crippen LogP contribution in [0.3, 0.4) is 0 Å². The van der Waals surface area contributed by atoms with E-state index < -0.39 is 0 Å². The predicted octanol–water partition coefficient (Wildman–Crippen LogP) is 3.93. The van der Waals surface area contributed by atoms with Crippen LogP contribution < -0.4 is 0 Å². The first-order valence-electron chi connectivity index (χ1n) is 7.36. The van der Waals surface area contributed by atoms with Gasteiger partial charge in [0.25, 0.3) is 0 Å². The third-order valence-corrected chi connectivity index (χ3v) is 3.99. The second-order valence-electron chi connectivity index (χ2n) is 5.58. The summed E-state index contributed by atoms with van der Waals surface area (Å²) in [6.45, 7) is 0. The second kappa shape index (κ2) is 4.39. The zero-order valence-electron chi connectivity index (χ0n) is 12.4. The van der Waals surface area contributed by atoms with Crippen molar-refractivity contribution < 1.29 is 4.42 Å². The minimum absolute atomic E-state index is 0.577. The molecule has 0 aliphatic rings. The minimum Gasteiger partial charge on any atom is -0.436 e. The fraction of sp³-hybridized carbons (Fsp3) is 0.0556. The summed E-state index contributed by atoms with van der Waals surface area (Å²) in [6.07, 6.45) is 3.79. The molecule has 110 valence electrons. The van der Waals surface area contributed by atoms with E-state index in [9.17, 15) is 0 Å². The number of pyridine rings is 1. The van der Waals surface area contributed by atoms with Crippen LogP contribution >= 0.6 is 0 Å². The topological polar surface area (TPSA) is 56.7 Å². The van der Waals surface area contributed by atoms with Gasteiger partial charge >= 0.3 is 0 Å². The summed E-state index contributed by atoms with van der Waals surface area (Å²) in [7, 11) is 1.92. The van der Waals surface area contributed by atoms with Crippen LogP contribution in [0.25, 0.3) is 44.4 Å². The lowest BCUT2D eigenvalue weighted by Gasteiger charge is -2.00. The van der Waals surface area contributed by atoms with Crippen molar-refractivity contribution in [2.24, 2.45) is 7.05 Å². The van der Waals surface area contributed by atoms with Crippen molar-refractivity contribution >= 4 is 32.9 Å². The van der Waals surface area contributed by atoms with E-state index in [1.165, 1.54) is 0 Å². The van der Waals surface area contributed by atoms with Crippen LogP contribution in [0, 0.1) is 0 Å². The Balaban J connectivity index is 1.79. The van der Waals surface area contributed by atoms with Gasteiger partial charge in [0.2, 0.25) is 5.89 Å². The zero-order valence-corrected chi connectivity index (χ0v) is 12.4. The van der Waals surface area contributed by atoms with Crippen molar-refractivity contribution in [3.63, 3.8) is 0 Å². The van der Waals surface area contributed by atoms with E-state index in [4.69, 9.17) is 4.42 Å². The number of hydrogen-bond donors (Lipinski definition) is 0. The maximum Gasteiger partial charge on any atom is 0.228 e. The number of aryl methyl sites for hydroxylation is 1. The van der Waals surface area contributed by atoms with E-state index in [1.807, 2.05) is 60.4 Å². The van der Waals surface area contributed by atoms with Crippen molar-refractivity contribution in [1.29, 1.82) is 0 Å². The number of oxazole rings is 1. The Labute approximate surface area is 131 Å². The standard InChI is InChI=1S/C18H12N4O/c1-22-10-11-6-7-14-13(17(11)21-22)8-12(9-19-14)18-20-15-4-2-3-5-16(15)23-18/h2-10H,1H3. The molecule has 5 aromatic rings. The maximum absolute atomic E-state index is 5.84. The quantitative estimate of drug-likeness (QED) is 0.470. The summed E-state index contributed by atoms with van der Waals surface area (Å²) in [5, 5.41) is 6.64. The van der Waals surface area contributed by atoms with Crippen LogP contribution in [-0.4, -0.2) is 19.7 Å². The van der Waals surface area contributed by atoms with Crippen molar-refractivity contribution in [3.8, 4) is 11.5 Å². The van der Waals surface area contributed by atoms with Crippen LogP contribution in [0.2, 0.25) is 0 Å². The Kier molecular flexibility index (Phi) is 2.36. The number of aromatic nitrogens is 4. The summed E-state index contributed by atoms with van der Waals surface area (Å²) in [5.74, 6) is 0.577. The number of benzene rings is 2. The third kappa shape index (κ3) is 1.83. The SMILES string of the molecule is Cn1cc2ccc3ncc(-c4nc5ccccc5o4)cc3c2n1. The molecule has 0 atom stereocenters. The smallest absolute Gasteiger partial charge is 0.228 e. The second-order valence-corrected chi connectivity index (χ2v) is 5.58. The molecule has 5 rings (SSSR count). The van der Waals surface area contributed by atoms with Crippen molar-refractivity contribution in [2.45, 2.75) is 0 Å². The predicted molar refractivity (Wildman–Crippen MR) is 89.0 cm³/mol. The number of fused-ring (bicyclic) bond motifs is 4. The number of rotatable bonds is 1. The lowest BCUT2D eigenvalue weighted by molar-refractivity contribution is 0.619. The van der Waals surface area contributed by atoms with Gasteiger partial charge in [-0.3, -0.25) is 9.67 Å². The highest BCUT2D eigenvalue weighted by Gasteiger charge is 2.11. The number of hydrogen-bond acceptors (Lipinski definition) is 4. The molecule has 23 heavy (non-hydrogen) atoms. The molecular weight excluding hydrogens is 288 g/mol. The first-order chi connectivity index (χ1) is 11.3. The molecule has 5 heteroatoms. The first kappa shape index (κ1) is 12.3. The number of nitrogens with zero attached hydrogens (tertiary/aromatic N) is 4. The molecule has 0 radical (unpaired) electrons. The molecule has 0 spiro atoms. The molecule has 2 aromatic carbocycles. The van der Waals surface area contributed by atoms with Crippen molar-refractivity contribution in [2.75, 3.05) is 0 Å². The van der Waals surface area contributed by atoms with Crippen LogP contribution in [0.1, 0.15) is 0 Å². The number of para-hydroxylation sites is 2. The fourth-order valence-electron chi connectivity index (χ4n) is 2.92. The average Bonchev–Trinajstić information content (AvgIpc) is 3.16. The fourth-order valence-corrected chi connectivity index (χ4v) is 2.92. The third-order valence-electron chi connectivity index (χ3n) is 3.99. The molecule has 5 nitrogen and oxygen atoms in total. The Morgan fingerprint density at radius 3 is 2.87 bits per heavy atom. The lowest BCUT2D eigenvalue weighted by atomic mass is 10.1. The Morgan fingerprint density at radius 1 is 1.04 bits per heavy atom. The van der Waals surface area contributed by atoms with Crippen LogP contribution in [0.5, 0.6) is 0 Å². The van der Waals surface area contributed by atoms with Crippen LogP contribution in [0.15, 0.2) is 59.3 Å². The Hall–Kier alpha value is -3.21. The normalized spacial score (nSPS) is 11.7. The summed E-state index contributed by atoms with van der Waals surface area (Å²) < 4.78 is 7.66. The Morgan fingerprint density at radius 2 is 1.96 bits per heavy atom. The van der Waals surface area contributed by atoms with Gasteiger partial charge in [0.1, 0.15) is 11.0 Å². The Bertz CT molecular complexity index is 1150. The molecule has 0 amide bonds. The summed E-state index contributed by atoms with van der Waals surface area (Å²) in [4.78, 5) is 9.08. The monoisotopic (exact) mass is 300 g/mol. The average molecular weight is 300 g/mol. The van der Waals surface area contributed by atoms with Crippen molar-refractivity contribution in [1.82, 2.24) is 19.7 Å². The van der Waals surface area contributed by atoms with E-state index in [2.05, 4.69) is 15.1 Å². The van der Waals surface area contributed by atoms with E-state index in [0.717, 1.165) is 38.5 Å². The molecule has 0 saturated carbocycles. The van der Waals surface area contributed by atoms with Gasteiger partial charge in [0.15, 0.2) is 5.58 Å². The highest BCUT2D eigenvalue weighted by atomic mass is 16.3. The van der Waals surface area contributed by atoms with Gasteiger partial charge in [-0.25, -0.2) is 4.98 Å². The molecule has 0 bridgehead atoms. The van der Waals surface area contributed by atoms with Gasteiger partial charge in [-0.1, -0.05) is 12.1 Å². The zero-order chi connectivity index (χ0) is 15.4. The van der Waals surface area contributed by atoms with E-state index in [-0.39, 0.29) is 0 Å². The van der Waals surface area contributed by atoms with E-state index in [1.54, 1.807) is 6.20 Å². The summed E-state index contributed by atoms with van der Waals surface area (Å²) >= 11 is 0. The van der Waals surface area contributed by atoms with Gasteiger partial charge < -0.3 is 4.42 Å². The summed E-state index contributed by atoms with van der Waals surface area (Å²) in [6, 6.07) is 13.8. The molecule has 0 unspecified atom stereocenters. The molecule has 0 aliphatic heterocycles. The molecule has 0 fully saturated rings. The molecule has 0 aliphatic carbocycles. The van der Waals surface area contributed by atoms with Crippen molar-refractivity contribution in [3.05, 3.63) is 54.9 Å². The van der Waals surface area contributed by atoms with Gasteiger partial charge in [-0.2, -0.15) is 5.10 Å². The molecule has 3 heterocycles. The highest BCUT2D eigenvalue weighted by Crippen LogP contribution is 2.29. The molecule has 0 N–H and O–H groups in total. The van der Waals surface area contributed by atoms with Gasteiger partial charge in [-0.05, 0) is 30.3 Å². The van der Waals surface area contributed by atoms with E-state index >= 15 is 0 Å². The lowest BCUT2D eigenvalue weighted by Crippen LogP contribution is -1.87. The molecular formula is C18H12N4O. The largest absolute Gasteiger partial charge is 0.436 e. The van der Waals surface area contributed by atoms with Crippen LogP contribution in [-0.2, 0) is 7.05 Å². The highest BCUT2D eigenvalue weighted by molar-refractivity contribution is 6.04. The first-order valence-corrected chi connectivity index (χ1v) is 7.36.